The maximum atomic E-state index is 5.72. The molecule has 1 aromatic heterocycles. The van der Waals surface area contributed by atoms with E-state index in [4.69, 9.17) is 5.73 Å². The van der Waals surface area contributed by atoms with Crippen LogP contribution in [0.3, 0.4) is 0 Å². The molecule has 0 bridgehead atoms. The van der Waals surface area contributed by atoms with Gasteiger partial charge in [0.2, 0.25) is 0 Å². The van der Waals surface area contributed by atoms with E-state index < -0.39 is 0 Å². The van der Waals surface area contributed by atoms with Crippen molar-refractivity contribution in [2.75, 3.05) is 5.73 Å². The van der Waals surface area contributed by atoms with Gasteiger partial charge in [-0.1, -0.05) is 37.3 Å². The number of nitrogen functional groups attached to an aromatic ring is 1. The molecule has 1 unspecified atom stereocenters. The van der Waals surface area contributed by atoms with Gasteiger partial charge in [0.05, 0.1) is 5.69 Å². The second-order valence-corrected chi connectivity index (χ2v) is 3.90. The van der Waals surface area contributed by atoms with Crippen LogP contribution in [0.25, 0.3) is 0 Å². The number of hydrogen-bond acceptors (Lipinski definition) is 3. The molecule has 0 fully saturated rings. The van der Waals surface area contributed by atoms with Crippen molar-refractivity contribution < 1.29 is 0 Å². The molecule has 16 heavy (non-hydrogen) atoms. The smallest absolute Gasteiger partial charge is 0.127 e. The van der Waals surface area contributed by atoms with Crippen LogP contribution in [0.15, 0.2) is 36.4 Å². The molecule has 1 atom stereocenters. The van der Waals surface area contributed by atoms with E-state index in [1.165, 1.54) is 5.56 Å². The Kier molecular flexibility index (Phi) is 2.86. The van der Waals surface area contributed by atoms with Crippen LogP contribution in [-0.4, -0.2) is 9.97 Å². The van der Waals surface area contributed by atoms with E-state index in [2.05, 4.69) is 29.0 Å². The summed E-state index contributed by atoms with van der Waals surface area (Å²) in [6.07, 6.45) is 0. The van der Waals surface area contributed by atoms with Crippen LogP contribution in [0.1, 0.15) is 29.9 Å². The number of nitrogens with two attached hydrogens (primary N) is 1. The average molecular weight is 213 g/mol. The summed E-state index contributed by atoms with van der Waals surface area (Å²) in [5.41, 5.74) is 7.93. The van der Waals surface area contributed by atoms with Crippen LogP contribution in [0.5, 0.6) is 0 Å². The van der Waals surface area contributed by atoms with Gasteiger partial charge in [0, 0.05) is 12.0 Å². The van der Waals surface area contributed by atoms with Crippen molar-refractivity contribution in [3.8, 4) is 0 Å². The number of rotatable bonds is 2. The predicted molar refractivity (Wildman–Crippen MR) is 65.1 cm³/mol. The van der Waals surface area contributed by atoms with Crippen molar-refractivity contribution in [1.82, 2.24) is 9.97 Å². The zero-order valence-electron chi connectivity index (χ0n) is 9.51. The van der Waals surface area contributed by atoms with Crippen LogP contribution < -0.4 is 5.73 Å². The van der Waals surface area contributed by atoms with E-state index in [0.717, 1.165) is 11.5 Å². The molecule has 0 saturated carbocycles. The Hall–Kier alpha value is -1.90. The summed E-state index contributed by atoms with van der Waals surface area (Å²) in [6, 6.07) is 12.1. The first-order chi connectivity index (χ1) is 7.66. The van der Waals surface area contributed by atoms with E-state index in [1.54, 1.807) is 0 Å². The Morgan fingerprint density at radius 3 is 2.44 bits per heavy atom. The lowest BCUT2D eigenvalue weighted by atomic mass is 9.97. The minimum atomic E-state index is 0.241. The lowest BCUT2D eigenvalue weighted by Crippen LogP contribution is -2.04. The van der Waals surface area contributed by atoms with Gasteiger partial charge in [-0.25, -0.2) is 9.97 Å². The first-order valence-electron chi connectivity index (χ1n) is 5.33. The highest BCUT2D eigenvalue weighted by molar-refractivity contribution is 5.35. The SMILES string of the molecule is Cc1nc(N)cc(C(C)c2ccccc2)n1. The third-order valence-corrected chi connectivity index (χ3v) is 2.62. The van der Waals surface area contributed by atoms with Crippen molar-refractivity contribution in [2.24, 2.45) is 0 Å². The first kappa shape index (κ1) is 10.6. The van der Waals surface area contributed by atoms with Gasteiger partial charge in [-0.15, -0.1) is 0 Å². The summed E-state index contributed by atoms with van der Waals surface area (Å²) in [4.78, 5) is 8.50. The third-order valence-electron chi connectivity index (χ3n) is 2.62. The van der Waals surface area contributed by atoms with Gasteiger partial charge in [0.15, 0.2) is 0 Å². The normalized spacial score (nSPS) is 12.4. The molecular formula is C13H15N3. The molecule has 2 aromatic rings. The number of hydrogen-bond donors (Lipinski definition) is 1. The Bertz CT molecular complexity index is 460. The number of anilines is 1. The average Bonchev–Trinajstić information content (AvgIpc) is 2.28. The van der Waals surface area contributed by atoms with Crippen LogP contribution >= 0.6 is 0 Å². The van der Waals surface area contributed by atoms with Crippen LogP contribution in [0, 0.1) is 6.92 Å². The zero-order chi connectivity index (χ0) is 11.5. The Labute approximate surface area is 95.4 Å². The van der Waals surface area contributed by atoms with Crippen molar-refractivity contribution in [3.63, 3.8) is 0 Å². The zero-order valence-corrected chi connectivity index (χ0v) is 9.51. The summed E-state index contributed by atoms with van der Waals surface area (Å²) < 4.78 is 0. The summed E-state index contributed by atoms with van der Waals surface area (Å²) in [6.45, 7) is 3.98. The summed E-state index contributed by atoms with van der Waals surface area (Å²) in [5, 5.41) is 0. The highest BCUT2D eigenvalue weighted by Gasteiger charge is 2.10. The van der Waals surface area contributed by atoms with Crippen molar-refractivity contribution in [1.29, 1.82) is 0 Å². The molecule has 3 heteroatoms. The molecule has 3 nitrogen and oxygen atoms in total. The van der Waals surface area contributed by atoms with Gasteiger partial charge < -0.3 is 5.73 Å². The van der Waals surface area contributed by atoms with E-state index in [1.807, 2.05) is 31.2 Å². The van der Waals surface area contributed by atoms with Crippen LogP contribution in [0.4, 0.5) is 5.82 Å². The highest BCUT2D eigenvalue weighted by Crippen LogP contribution is 2.22. The molecule has 1 aromatic carbocycles. The van der Waals surface area contributed by atoms with Crippen molar-refractivity contribution in [2.45, 2.75) is 19.8 Å². The molecule has 0 saturated heterocycles. The highest BCUT2D eigenvalue weighted by atomic mass is 14.9. The topological polar surface area (TPSA) is 51.8 Å². The lowest BCUT2D eigenvalue weighted by Gasteiger charge is -2.12. The van der Waals surface area contributed by atoms with E-state index in [9.17, 15) is 0 Å². The fraction of sp³-hybridized carbons (Fsp3) is 0.231. The molecule has 0 spiro atoms. The first-order valence-corrected chi connectivity index (χ1v) is 5.33. The van der Waals surface area contributed by atoms with Crippen LogP contribution in [0.2, 0.25) is 0 Å². The fourth-order valence-corrected chi connectivity index (χ4v) is 1.75. The monoisotopic (exact) mass is 213 g/mol. The van der Waals surface area contributed by atoms with E-state index in [-0.39, 0.29) is 5.92 Å². The largest absolute Gasteiger partial charge is 0.384 e. The summed E-state index contributed by atoms with van der Waals surface area (Å²) in [5.74, 6) is 1.49. The Morgan fingerprint density at radius 2 is 1.81 bits per heavy atom. The number of nitrogens with zero attached hydrogens (tertiary/aromatic N) is 2. The lowest BCUT2D eigenvalue weighted by molar-refractivity contribution is 0.845. The van der Waals surface area contributed by atoms with Crippen molar-refractivity contribution >= 4 is 5.82 Å². The van der Waals surface area contributed by atoms with Gasteiger partial charge in [0.1, 0.15) is 11.6 Å². The Balaban J connectivity index is 2.37. The molecule has 0 radical (unpaired) electrons. The van der Waals surface area contributed by atoms with Gasteiger partial charge in [-0.3, -0.25) is 0 Å². The summed E-state index contributed by atoms with van der Waals surface area (Å²) >= 11 is 0. The summed E-state index contributed by atoms with van der Waals surface area (Å²) in [7, 11) is 0. The molecule has 82 valence electrons. The Morgan fingerprint density at radius 1 is 1.12 bits per heavy atom. The minimum absolute atomic E-state index is 0.241. The second-order valence-electron chi connectivity index (χ2n) is 3.90. The predicted octanol–water partition coefficient (Wildman–Crippen LogP) is 2.52. The molecule has 0 aliphatic rings. The number of aromatic nitrogens is 2. The maximum Gasteiger partial charge on any atom is 0.127 e. The molecule has 2 rings (SSSR count). The van der Waals surface area contributed by atoms with Gasteiger partial charge in [-0.05, 0) is 12.5 Å². The van der Waals surface area contributed by atoms with Gasteiger partial charge >= 0.3 is 0 Å². The minimum Gasteiger partial charge on any atom is -0.384 e. The molecular weight excluding hydrogens is 198 g/mol. The quantitative estimate of drug-likeness (QED) is 0.834. The molecule has 0 aliphatic heterocycles. The van der Waals surface area contributed by atoms with Gasteiger partial charge in [0.25, 0.3) is 0 Å². The fourth-order valence-electron chi connectivity index (χ4n) is 1.75. The van der Waals surface area contributed by atoms with Gasteiger partial charge in [-0.2, -0.15) is 0 Å². The van der Waals surface area contributed by atoms with Crippen LogP contribution in [-0.2, 0) is 0 Å². The maximum absolute atomic E-state index is 5.72. The molecule has 1 heterocycles. The number of aryl methyl sites for hydroxylation is 1. The second kappa shape index (κ2) is 4.31. The van der Waals surface area contributed by atoms with E-state index >= 15 is 0 Å². The molecule has 0 aliphatic carbocycles. The van der Waals surface area contributed by atoms with E-state index in [0.29, 0.717) is 5.82 Å². The molecule has 2 N–H and O–H groups in total. The van der Waals surface area contributed by atoms with Crippen molar-refractivity contribution in [3.05, 3.63) is 53.5 Å². The number of benzene rings is 1. The molecule has 0 amide bonds. The standard InChI is InChI=1S/C13H15N3/c1-9(11-6-4-3-5-7-11)12-8-13(14)16-10(2)15-12/h3-9H,1-2H3,(H2,14,15,16). The third kappa shape index (κ3) is 2.19.